The van der Waals surface area contributed by atoms with Gasteiger partial charge in [-0.3, -0.25) is 9.69 Å². The highest BCUT2D eigenvalue weighted by molar-refractivity contribution is 7.13. The molecule has 0 bridgehead atoms. The fraction of sp³-hybridized carbons (Fsp3) is 0.462. The standard InChI is InChI=1S/C13H16N4O2S2/c1-9-8-21-13(15-9)16-11(18)7-17-3-4-19-10(6-17)12-14-2-5-20-12/h2,5,8,10H,3-4,6-7H2,1H3,(H,15,16,18)/t10-/m0/s1. The number of rotatable bonds is 4. The van der Waals surface area contributed by atoms with Gasteiger partial charge in [0.15, 0.2) is 5.13 Å². The molecule has 0 spiro atoms. The Morgan fingerprint density at radius 2 is 2.48 bits per heavy atom. The van der Waals surface area contributed by atoms with E-state index in [0.717, 1.165) is 17.2 Å². The Labute approximate surface area is 130 Å². The Hall–Kier alpha value is -1.35. The van der Waals surface area contributed by atoms with Crippen LogP contribution in [0.3, 0.4) is 0 Å². The van der Waals surface area contributed by atoms with Crippen molar-refractivity contribution >= 4 is 33.7 Å². The second kappa shape index (κ2) is 6.61. The Bertz CT molecular complexity index is 599. The molecule has 1 fully saturated rings. The number of carbonyl (C=O) groups excluding carboxylic acids is 1. The third kappa shape index (κ3) is 3.85. The first-order chi connectivity index (χ1) is 10.2. The van der Waals surface area contributed by atoms with E-state index in [1.165, 1.54) is 11.3 Å². The van der Waals surface area contributed by atoms with Crippen molar-refractivity contribution in [2.24, 2.45) is 0 Å². The van der Waals surface area contributed by atoms with E-state index in [0.29, 0.717) is 24.8 Å². The first kappa shape index (κ1) is 14.6. The SMILES string of the molecule is Cc1csc(NC(=O)CN2CCO[C@H](c3nccs3)C2)n1. The summed E-state index contributed by atoms with van der Waals surface area (Å²) in [5.74, 6) is -0.0378. The lowest BCUT2D eigenvalue weighted by Crippen LogP contribution is -2.42. The highest BCUT2D eigenvalue weighted by atomic mass is 32.1. The maximum atomic E-state index is 12.0. The Balaban J connectivity index is 1.53. The number of nitrogens with one attached hydrogen (secondary N) is 1. The van der Waals surface area contributed by atoms with E-state index in [1.54, 1.807) is 17.5 Å². The normalized spacial score (nSPS) is 19.6. The van der Waals surface area contributed by atoms with Gasteiger partial charge in [-0.05, 0) is 6.92 Å². The number of anilines is 1. The van der Waals surface area contributed by atoms with Gasteiger partial charge in [0.25, 0.3) is 0 Å². The van der Waals surface area contributed by atoms with Gasteiger partial charge in [0.05, 0.1) is 18.8 Å². The summed E-state index contributed by atoms with van der Waals surface area (Å²) < 4.78 is 5.72. The average Bonchev–Trinajstić information content (AvgIpc) is 3.11. The lowest BCUT2D eigenvalue weighted by Gasteiger charge is -2.31. The van der Waals surface area contributed by atoms with Gasteiger partial charge in [-0.25, -0.2) is 9.97 Å². The van der Waals surface area contributed by atoms with Crippen molar-refractivity contribution < 1.29 is 9.53 Å². The summed E-state index contributed by atoms with van der Waals surface area (Å²) >= 11 is 3.03. The van der Waals surface area contributed by atoms with Crippen LogP contribution in [0, 0.1) is 6.92 Å². The summed E-state index contributed by atoms with van der Waals surface area (Å²) in [7, 11) is 0. The Morgan fingerprint density at radius 1 is 1.57 bits per heavy atom. The van der Waals surface area contributed by atoms with Crippen molar-refractivity contribution in [2.45, 2.75) is 13.0 Å². The molecule has 1 N–H and O–H groups in total. The van der Waals surface area contributed by atoms with Crippen LogP contribution in [0.1, 0.15) is 16.8 Å². The molecule has 1 saturated heterocycles. The molecule has 0 saturated carbocycles. The molecule has 1 aliphatic rings. The van der Waals surface area contributed by atoms with Crippen molar-refractivity contribution in [1.82, 2.24) is 14.9 Å². The predicted molar refractivity (Wildman–Crippen MR) is 82.7 cm³/mol. The molecule has 3 rings (SSSR count). The number of thiazole rings is 2. The van der Waals surface area contributed by atoms with Crippen LogP contribution < -0.4 is 5.32 Å². The average molecular weight is 324 g/mol. The first-order valence-electron chi connectivity index (χ1n) is 6.66. The maximum Gasteiger partial charge on any atom is 0.240 e. The number of hydrogen-bond acceptors (Lipinski definition) is 7. The topological polar surface area (TPSA) is 67.4 Å². The highest BCUT2D eigenvalue weighted by Gasteiger charge is 2.25. The van der Waals surface area contributed by atoms with Crippen molar-refractivity contribution in [3.63, 3.8) is 0 Å². The Morgan fingerprint density at radius 3 is 3.19 bits per heavy atom. The van der Waals surface area contributed by atoms with Gasteiger partial charge in [-0.15, -0.1) is 22.7 Å². The van der Waals surface area contributed by atoms with Crippen LogP contribution in [0.15, 0.2) is 17.0 Å². The molecule has 21 heavy (non-hydrogen) atoms. The number of morpholine rings is 1. The van der Waals surface area contributed by atoms with Gasteiger partial charge in [-0.2, -0.15) is 0 Å². The fourth-order valence-corrected chi connectivity index (χ4v) is 3.54. The first-order valence-corrected chi connectivity index (χ1v) is 8.42. The Kier molecular flexibility index (Phi) is 4.59. The molecule has 8 heteroatoms. The summed E-state index contributed by atoms with van der Waals surface area (Å²) in [6.07, 6.45) is 1.74. The molecule has 0 aliphatic carbocycles. The lowest BCUT2D eigenvalue weighted by molar-refractivity contribution is -0.119. The largest absolute Gasteiger partial charge is 0.368 e. The maximum absolute atomic E-state index is 12.0. The molecular weight excluding hydrogens is 308 g/mol. The summed E-state index contributed by atoms with van der Waals surface area (Å²) in [5.41, 5.74) is 0.922. The van der Waals surface area contributed by atoms with Gasteiger partial charge in [0.1, 0.15) is 11.1 Å². The third-order valence-corrected chi connectivity index (χ3v) is 4.85. The van der Waals surface area contributed by atoms with Crippen molar-refractivity contribution in [2.75, 3.05) is 31.6 Å². The van der Waals surface area contributed by atoms with Crippen LogP contribution >= 0.6 is 22.7 Å². The molecule has 1 amide bonds. The number of aryl methyl sites for hydroxylation is 1. The lowest BCUT2D eigenvalue weighted by atomic mass is 10.3. The van der Waals surface area contributed by atoms with E-state index in [9.17, 15) is 4.79 Å². The predicted octanol–water partition coefficient (Wildman–Crippen LogP) is 1.92. The molecule has 6 nitrogen and oxygen atoms in total. The van der Waals surface area contributed by atoms with Crippen LogP contribution in [0.4, 0.5) is 5.13 Å². The molecule has 2 aromatic rings. The monoisotopic (exact) mass is 324 g/mol. The molecule has 1 atom stereocenters. The van der Waals surface area contributed by atoms with Crippen molar-refractivity contribution in [1.29, 1.82) is 0 Å². The number of hydrogen-bond donors (Lipinski definition) is 1. The molecular formula is C13H16N4O2S2. The van der Waals surface area contributed by atoms with Gasteiger partial charge < -0.3 is 10.1 Å². The second-order valence-electron chi connectivity index (χ2n) is 4.81. The quantitative estimate of drug-likeness (QED) is 0.931. The summed E-state index contributed by atoms with van der Waals surface area (Å²) in [4.78, 5) is 22.6. The third-order valence-electron chi connectivity index (χ3n) is 3.11. The second-order valence-corrected chi connectivity index (χ2v) is 6.59. The number of nitrogens with zero attached hydrogens (tertiary/aromatic N) is 3. The van der Waals surface area contributed by atoms with Gasteiger partial charge in [0, 0.05) is 30.0 Å². The highest BCUT2D eigenvalue weighted by Crippen LogP contribution is 2.23. The van der Waals surface area contributed by atoms with E-state index in [1.807, 2.05) is 17.7 Å². The number of aromatic nitrogens is 2. The molecule has 0 aromatic carbocycles. The van der Waals surface area contributed by atoms with Crippen LogP contribution in [-0.2, 0) is 9.53 Å². The molecule has 112 valence electrons. The van der Waals surface area contributed by atoms with Crippen molar-refractivity contribution in [3.05, 3.63) is 27.7 Å². The van der Waals surface area contributed by atoms with Crippen LogP contribution in [0.25, 0.3) is 0 Å². The zero-order valence-electron chi connectivity index (χ0n) is 11.6. The molecule has 0 unspecified atom stereocenters. The number of carbonyl (C=O) groups is 1. The summed E-state index contributed by atoms with van der Waals surface area (Å²) in [5, 5.41) is 8.31. The molecule has 2 aromatic heterocycles. The smallest absolute Gasteiger partial charge is 0.240 e. The van der Waals surface area contributed by atoms with Gasteiger partial charge in [0.2, 0.25) is 5.91 Å². The van der Waals surface area contributed by atoms with Crippen LogP contribution in [-0.4, -0.2) is 47.0 Å². The molecule has 3 heterocycles. The van der Waals surface area contributed by atoms with E-state index in [-0.39, 0.29) is 12.0 Å². The van der Waals surface area contributed by atoms with E-state index in [2.05, 4.69) is 20.2 Å². The van der Waals surface area contributed by atoms with Gasteiger partial charge in [-0.1, -0.05) is 0 Å². The van der Waals surface area contributed by atoms with Gasteiger partial charge >= 0.3 is 0 Å². The van der Waals surface area contributed by atoms with Crippen molar-refractivity contribution in [3.8, 4) is 0 Å². The van der Waals surface area contributed by atoms with E-state index >= 15 is 0 Å². The minimum atomic E-state index is -0.0378. The number of amides is 1. The summed E-state index contributed by atoms with van der Waals surface area (Å²) in [6, 6.07) is 0. The van der Waals surface area contributed by atoms with Crippen LogP contribution in [0.2, 0.25) is 0 Å². The zero-order valence-corrected chi connectivity index (χ0v) is 13.2. The minimum Gasteiger partial charge on any atom is -0.368 e. The zero-order chi connectivity index (χ0) is 14.7. The minimum absolute atomic E-state index is 0.0337. The van der Waals surface area contributed by atoms with E-state index < -0.39 is 0 Å². The molecule has 0 radical (unpaired) electrons. The van der Waals surface area contributed by atoms with E-state index in [4.69, 9.17) is 4.74 Å². The summed E-state index contributed by atoms with van der Waals surface area (Å²) in [6.45, 7) is 4.33. The number of ether oxygens (including phenoxy) is 1. The molecule has 1 aliphatic heterocycles. The fourth-order valence-electron chi connectivity index (χ4n) is 2.16. The van der Waals surface area contributed by atoms with Crippen LogP contribution in [0.5, 0.6) is 0 Å².